The second-order valence-electron chi connectivity index (χ2n) is 9.17. The van der Waals surface area contributed by atoms with Crippen molar-refractivity contribution in [3.05, 3.63) is 29.3 Å². The third-order valence-corrected chi connectivity index (χ3v) is 6.65. The van der Waals surface area contributed by atoms with Gasteiger partial charge in [0.05, 0.1) is 24.2 Å². The van der Waals surface area contributed by atoms with Crippen LogP contribution >= 0.6 is 0 Å². The van der Waals surface area contributed by atoms with Crippen LogP contribution in [0.25, 0.3) is 0 Å². The van der Waals surface area contributed by atoms with Gasteiger partial charge in [-0.2, -0.15) is 13.2 Å². The summed E-state index contributed by atoms with van der Waals surface area (Å²) in [6.45, 7) is 2.64. The molecule has 37 heavy (non-hydrogen) atoms. The van der Waals surface area contributed by atoms with Crippen molar-refractivity contribution in [2.75, 3.05) is 39.3 Å². The maximum Gasteiger partial charge on any atom is 0.389 e. The van der Waals surface area contributed by atoms with E-state index in [1.54, 1.807) is 12.1 Å². The molecule has 1 unspecified atom stereocenters. The van der Waals surface area contributed by atoms with Crippen molar-refractivity contribution >= 4 is 29.5 Å². The van der Waals surface area contributed by atoms with Gasteiger partial charge >= 0.3 is 6.18 Å². The van der Waals surface area contributed by atoms with Crippen molar-refractivity contribution in [3.8, 4) is 5.75 Å². The fourth-order valence-electron chi connectivity index (χ4n) is 4.70. The molecule has 13 heteroatoms. The summed E-state index contributed by atoms with van der Waals surface area (Å²) in [5, 5.41) is 2.16. The van der Waals surface area contributed by atoms with E-state index < -0.39 is 54.6 Å². The Labute approximate surface area is 210 Å². The molecular weight excluding hydrogens is 497 g/mol. The van der Waals surface area contributed by atoms with Crippen LogP contribution in [0.2, 0.25) is 0 Å². The molecule has 1 N–H and O–H groups in total. The quantitative estimate of drug-likeness (QED) is 0.403. The molecule has 1 aromatic rings. The second-order valence-corrected chi connectivity index (χ2v) is 9.17. The molecule has 10 nitrogen and oxygen atoms in total. The summed E-state index contributed by atoms with van der Waals surface area (Å²) in [4.78, 5) is 66.0. The number of piperazine rings is 1. The summed E-state index contributed by atoms with van der Waals surface area (Å²) in [6, 6.07) is 3.59. The molecule has 0 bridgehead atoms. The molecule has 0 radical (unpaired) electrons. The molecule has 3 aliphatic heterocycles. The number of amides is 5. The van der Waals surface area contributed by atoms with Gasteiger partial charge in [-0.1, -0.05) is 6.07 Å². The summed E-state index contributed by atoms with van der Waals surface area (Å²) < 4.78 is 42.8. The number of ether oxygens (including phenoxy) is 1. The van der Waals surface area contributed by atoms with Gasteiger partial charge in [0.15, 0.2) is 0 Å². The molecule has 0 spiro atoms. The zero-order valence-electron chi connectivity index (χ0n) is 20.0. The molecule has 1 aromatic carbocycles. The Kier molecular flexibility index (Phi) is 7.81. The highest BCUT2D eigenvalue weighted by Gasteiger charge is 2.46. The van der Waals surface area contributed by atoms with Gasteiger partial charge in [0.2, 0.25) is 17.7 Å². The van der Waals surface area contributed by atoms with E-state index in [2.05, 4.69) is 10.2 Å². The van der Waals surface area contributed by atoms with Gasteiger partial charge in [-0.3, -0.25) is 39.1 Å². The first kappa shape index (κ1) is 26.6. The second kappa shape index (κ2) is 10.9. The Morgan fingerprint density at radius 1 is 1.05 bits per heavy atom. The highest BCUT2D eigenvalue weighted by molar-refractivity contribution is 6.24. The van der Waals surface area contributed by atoms with E-state index in [-0.39, 0.29) is 36.3 Å². The predicted octanol–water partition coefficient (Wildman–Crippen LogP) is 1.34. The summed E-state index contributed by atoms with van der Waals surface area (Å²) >= 11 is 0. The normalized spacial score (nSPS) is 20.8. The van der Waals surface area contributed by atoms with Crippen LogP contribution in [0.4, 0.5) is 13.2 Å². The van der Waals surface area contributed by atoms with E-state index in [9.17, 15) is 37.1 Å². The predicted molar refractivity (Wildman–Crippen MR) is 122 cm³/mol. The smallest absolute Gasteiger partial charge is 0.389 e. The van der Waals surface area contributed by atoms with Crippen LogP contribution in [0, 0.1) is 0 Å². The number of halogens is 3. The molecule has 5 amide bonds. The first-order valence-electron chi connectivity index (χ1n) is 12.1. The van der Waals surface area contributed by atoms with E-state index in [0.717, 1.165) is 4.90 Å². The summed E-state index contributed by atoms with van der Waals surface area (Å²) in [7, 11) is 0. The monoisotopic (exact) mass is 524 g/mol. The summed E-state index contributed by atoms with van der Waals surface area (Å²) in [5.41, 5.74) is 0.224. The van der Waals surface area contributed by atoms with Gasteiger partial charge in [-0.05, 0) is 25.0 Å². The van der Waals surface area contributed by atoms with Gasteiger partial charge in [0, 0.05) is 45.6 Å². The molecular formula is C24H27F3N4O6. The highest BCUT2D eigenvalue weighted by Crippen LogP contribution is 2.33. The number of hydrogen-bond acceptors (Lipinski definition) is 7. The Morgan fingerprint density at radius 3 is 2.46 bits per heavy atom. The van der Waals surface area contributed by atoms with Crippen LogP contribution in [-0.2, 0) is 14.4 Å². The van der Waals surface area contributed by atoms with E-state index >= 15 is 0 Å². The largest absolute Gasteiger partial charge is 0.493 e. The minimum absolute atomic E-state index is 0.0309. The van der Waals surface area contributed by atoms with Crippen molar-refractivity contribution in [3.63, 3.8) is 0 Å². The molecule has 2 saturated heterocycles. The molecule has 200 valence electrons. The standard InChI is InChI=1S/C24H27F3N4O6/c25-24(26,27)8-7-19(33)30-12-10-29(11-13-30)9-2-14-37-17-4-1-3-15-20(17)23(36)31(22(15)35)16-5-6-18(32)28-21(16)34/h1,3-4,16H,2,5-14H2,(H,28,32,34). The Bertz CT molecular complexity index is 1100. The SMILES string of the molecule is O=C1CCC(N2C(=O)c3cccc(OCCCN4CCN(C(=O)CCC(F)(F)F)CC4)c3C2=O)C(=O)N1. The van der Waals surface area contributed by atoms with Gasteiger partial charge in [-0.15, -0.1) is 0 Å². The number of nitrogens with one attached hydrogen (secondary N) is 1. The van der Waals surface area contributed by atoms with Crippen LogP contribution < -0.4 is 10.1 Å². The van der Waals surface area contributed by atoms with Crippen LogP contribution in [-0.4, -0.2) is 95.8 Å². The number of carbonyl (C=O) groups excluding carboxylic acids is 5. The maximum atomic E-state index is 13.1. The van der Waals surface area contributed by atoms with E-state index in [1.807, 2.05) is 0 Å². The number of imide groups is 2. The van der Waals surface area contributed by atoms with Crippen LogP contribution in [0.3, 0.4) is 0 Å². The molecule has 0 aliphatic carbocycles. The van der Waals surface area contributed by atoms with Crippen molar-refractivity contribution in [1.82, 2.24) is 20.0 Å². The van der Waals surface area contributed by atoms with E-state index in [1.165, 1.54) is 11.0 Å². The minimum atomic E-state index is -4.35. The summed E-state index contributed by atoms with van der Waals surface area (Å²) in [5.74, 6) is -2.65. The first-order chi connectivity index (χ1) is 17.5. The molecule has 0 saturated carbocycles. The number of rotatable bonds is 8. The lowest BCUT2D eigenvalue weighted by Crippen LogP contribution is -2.54. The van der Waals surface area contributed by atoms with Crippen LogP contribution in [0.1, 0.15) is 52.8 Å². The lowest BCUT2D eigenvalue weighted by atomic mass is 10.0. The average molecular weight is 524 g/mol. The summed E-state index contributed by atoms with van der Waals surface area (Å²) in [6.07, 6.45) is -5.34. The molecule has 3 heterocycles. The maximum absolute atomic E-state index is 13.1. The lowest BCUT2D eigenvalue weighted by Gasteiger charge is -2.34. The molecule has 4 rings (SSSR count). The van der Waals surface area contributed by atoms with Gasteiger partial charge in [0.1, 0.15) is 11.8 Å². The van der Waals surface area contributed by atoms with Crippen molar-refractivity contribution < 1.29 is 41.9 Å². The Hall–Kier alpha value is -3.48. The van der Waals surface area contributed by atoms with Crippen molar-refractivity contribution in [2.45, 2.75) is 44.3 Å². The topological polar surface area (TPSA) is 116 Å². The third-order valence-electron chi connectivity index (χ3n) is 6.65. The Balaban J connectivity index is 1.26. The number of nitrogens with zero attached hydrogens (tertiary/aromatic N) is 3. The number of benzene rings is 1. The third kappa shape index (κ3) is 6.09. The fraction of sp³-hybridized carbons (Fsp3) is 0.542. The number of hydrogen-bond donors (Lipinski definition) is 1. The number of piperidine rings is 1. The van der Waals surface area contributed by atoms with Gasteiger partial charge in [-0.25, -0.2) is 0 Å². The fourth-order valence-corrected chi connectivity index (χ4v) is 4.70. The first-order valence-corrected chi connectivity index (χ1v) is 12.1. The van der Waals surface area contributed by atoms with Gasteiger partial charge < -0.3 is 9.64 Å². The molecule has 0 aromatic heterocycles. The zero-order chi connectivity index (χ0) is 26.7. The number of carbonyl (C=O) groups is 5. The molecule has 2 fully saturated rings. The number of fused-ring (bicyclic) bond motifs is 1. The lowest BCUT2D eigenvalue weighted by molar-refractivity contribution is -0.150. The highest BCUT2D eigenvalue weighted by atomic mass is 19.4. The van der Waals surface area contributed by atoms with Crippen LogP contribution in [0.15, 0.2) is 18.2 Å². The minimum Gasteiger partial charge on any atom is -0.493 e. The average Bonchev–Trinajstić information content (AvgIpc) is 3.11. The number of alkyl halides is 3. The van der Waals surface area contributed by atoms with Crippen molar-refractivity contribution in [2.24, 2.45) is 0 Å². The zero-order valence-corrected chi connectivity index (χ0v) is 20.0. The van der Waals surface area contributed by atoms with Gasteiger partial charge in [0.25, 0.3) is 11.8 Å². The van der Waals surface area contributed by atoms with Crippen LogP contribution in [0.5, 0.6) is 5.75 Å². The van der Waals surface area contributed by atoms with E-state index in [4.69, 9.17) is 4.74 Å². The Morgan fingerprint density at radius 2 is 1.78 bits per heavy atom. The molecule has 3 aliphatic rings. The van der Waals surface area contributed by atoms with Crippen molar-refractivity contribution in [1.29, 1.82) is 0 Å². The molecule has 1 atom stereocenters. The van der Waals surface area contributed by atoms with E-state index in [0.29, 0.717) is 39.1 Å².